The highest BCUT2D eigenvalue weighted by atomic mass is 35.5. The van der Waals surface area contributed by atoms with Gasteiger partial charge in [0, 0.05) is 10.6 Å². The molecule has 0 bridgehead atoms. The quantitative estimate of drug-likeness (QED) is 0.197. The summed E-state index contributed by atoms with van der Waals surface area (Å²) in [5.74, 6) is -0.0252. The Morgan fingerprint density at radius 3 is 2.38 bits per heavy atom. The van der Waals surface area contributed by atoms with Crippen LogP contribution in [0.1, 0.15) is 18.1 Å². The van der Waals surface area contributed by atoms with Gasteiger partial charge in [-0.2, -0.15) is 13.7 Å². The van der Waals surface area contributed by atoms with Crippen molar-refractivity contribution in [2.75, 3.05) is 6.61 Å². The molecule has 164 valence electrons. The van der Waals surface area contributed by atoms with Gasteiger partial charge in [-0.3, -0.25) is 0 Å². The molecule has 0 aliphatic rings. The lowest BCUT2D eigenvalue weighted by Crippen LogP contribution is -2.11. The van der Waals surface area contributed by atoms with Crippen LogP contribution in [-0.4, -0.2) is 15.0 Å². The molecule has 0 heterocycles. The van der Waals surface area contributed by atoms with Crippen LogP contribution >= 0.6 is 34.8 Å². The Kier molecular flexibility index (Phi) is 7.70. The first-order valence-electron chi connectivity index (χ1n) is 9.28. The van der Waals surface area contributed by atoms with E-state index in [-0.39, 0.29) is 33.6 Å². The second-order valence-electron chi connectivity index (χ2n) is 6.41. The van der Waals surface area contributed by atoms with Crippen molar-refractivity contribution < 1.29 is 17.3 Å². The van der Waals surface area contributed by atoms with Crippen LogP contribution in [0.4, 0.5) is 0 Å². The van der Waals surface area contributed by atoms with Crippen LogP contribution < -0.4 is 8.92 Å². The smallest absolute Gasteiger partial charge is 0.339 e. The number of rotatable bonds is 7. The molecular weight excluding hydrogens is 493 g/mol. The minimum Gasteiger partial charge on any atom is -0.490 e. The molecule has 0 N–H and O–H groups in total. The molecule has 5 nitrogen and oxygen atoms in total. The summed E-state index contributed by atoms with van der Waals surface area (Å²) >= 11 is 18.5. The highest BCUT2D eigenvalue weighted by molar-refractivity contribution is 7.87. The second kappa shape index (κ2) is 10.3. The SMILES string of the molecule is CCOc1cc(/C=C(\C#N)c2ccc(Cl)cc2Cl)cc(Cl)c1OS(=O)(=O)c1ccccc1. The van der Waals surface area contributed by atoms with E-state index in [1.807, 2.05) is 0 Å². The molecule has 0 atom stereocenters. The minimum atomic E-state index is -4.13. The predicted molar refractivity (Wildman–Crippen MR) is 127 cm³/mol. The van der Waals surface area contributed by atoms with Crippen molar-refractivity contribution in [3.63, 3.8) is 0 Å². The van der Waals surface area contributed by atoms with Crippen molar-refractivity contribution in [2.45, 2.75) is 11.8 Å². The van der Waals surface area contributed by atoms with Crippen LogP contribution in [0.15, 0.2) is 65.6 Å². The zero-order chi connectivity index (χ0) is 23.3. The Morgan fingerprint density at radius 1 is 1.03 bits per heavy atom. The number of nitrogens with zero attached hydrogens (tertiary/aromatic N) is 1. The van der Waals surface area contributed by atoms with Crippen molar-refractivity contribution in [3.8, 4) is 17.6 Å². The largest absolute Gasteiger partial charge is 0.490 e. The summed E-state index contributed by atoms with van der Waals surface area (Å²) < 4.78 is 36.2. The number of allylic oxidation sites excluding steroid dienone is 1. The molecule has 3 aromatic carbocycles. The number of hydrogen-bond acceptors (Lipinski definition) is 5. The molecular formula is C23H16Cl3NO4S. The lowest BCUT2D eigenvalue weighted by atomic mass is 10.0. The van der Waals surface area contributed by atoms with Crippen LogP contribution in [0.5, 0.6) is 11.5 Å². The second-order valence-corrected chi connectivity index (χ2v) is 9.20. The zero-order valence-electron chi connectivity index (χ0n) is 16.7. The Balaban J connectivity index is 2.05. The van der Waals surface area contributed by atoms with E-state index in [0.717, 1.165) is 0 Å². The summed E-state index contributed by atoms with van der Waals surface area (Å²) in [7, 11) is -4.13. The van der Waals surface area contributed by atoms with Gasteiger partial charge < -0.3 is 8.92 Å². The molecule has 0 saturated carbocycles. The Bertz CT molecular complexity index is 1320. The van der Waals surface area contributed by atoms with Crippen molar-refractivity contribution >= 4 is 56.6 Å². The molecule has 0 aliphatic carbocycles. The first-order valence-corrected chi connectivity index (χ1v) is 11.8. The molecule has 0 saturated heterocycles. The van der Waals surface area contributed by atoms with E-state index in [1.54, 1.807) is 43.3 Å². The van der Waals surface area contributed by atoms with Gasteiger partial charge in [-0.05, 0) is 55.0 Å². The third-order valence-corrected chi connectivity index (χ3v) is 6.27. The first-order chi connectivity index (χ1) is 15.2. The van der Waals surface area contributed by atoms with Gasteiger partial charge in [-0.15, -0.1) is 0 Å². The highest BCUT2D eigenvalue weighted by Gasteiger charge is 2.22. The molecule has 0 unspecified atom stereocenters. The van der Waals surface area contributed by atoms with Gasteiger partial charge >= 0.3 is 10.1 Å². The van der Waals surface area contributed by atoms with Gasteiger partial charge in [0.1, 0.15) is 4.90 Å². The standard InChI is InChI=1S/C23H16Cl3NO4S/c1-2-30-22-12-15(10-16(14-27)19-9-8-17(24)13-20(19)25)11-21(26)23(22)31-32(28,29)18-6-4-3-5-7-18/h3-13H,2H2,1H3/b16-10+. The lowest BCUT2D eigenvalue weighted by Gasteiger charge is -2.14. The fourth-order valence-corrected chi connectivity index (χ4v) is 4.60. The normalized spacial score (nSPS) is 11.7. The van der Waals surface area contributed by atoms with Crippen molar-refractivity contribution in [2.24, 2.45) is 0 Å². The first kappa shape index (κ1) is 24.0. The number of nitriles is 1. The summed E-state index contributed by atoms with van der Waals surface area (Å²) in [5.41, 5.74) is 1.24. The number of hydrogen-bond donors (Lipinski definition) is 0. The van der Waals surface area contributed by atoms with Crippen LogP contribution in [0.25, 0.3) is 11.6 Å². The topological polar surface area (TPSA) is 76.4 Å². The van der Waals surface area contributed by atoms with E-state index in [0.29, 0.717) is 21.2 Å². The van der Waals surface area contributed by atoms with Gasteiger partial charge in [0.05, 0.1) is 28.3 Å². The number of benzene rings is 3. The third kappa shape index (κ3) is 5.56. The maximum Gasteiger partial charge on any atom is 0.339 e. The van der Waals surface area contributed by atoms with Crippen LogP contribution in [-0.2, 0) is 10.1 Å². The summed E-state index contributed by atoms with van der Waals surface area (Å²) in [6.07, 6.45) is 1.55. The van der Waals surface area contributed by atoms with Crippen molar-refractivity contribution in [3.05, 3.63) is 86.9 Å². The van der Waals surface area contributed by atoms with E-state index in [9.17, 15) is 13.7 Å². The monoisotopic (exact) mass is 507 g/mol. The molecule has 9 heteroatoms. The molecule has 32 heavy (non-hydrogen) atoms. The summed E-state index contributed by atoms with van der Waals surface area (Å²) in [6.45, 7) is 1.97. The maximum absolute atomic E-state index is 12.7. The fraction of sp³-hybridized carbons (Fsp3) is 0.0870. The predicted octanol–water partition coefficient (Wildman–Crippen LogP) is 6.88. The number of halogens is 3. The van der Waals surface area contributed by atoms with E-state index < -0.39 is 10.1 Å². The van der Waals surface area contributed by atoms with Gasteiger partial charge in [0.2, 0.25) is 5.75 Å². The Morgan fingerprint density at radius 2 is 1.75 bits per heavy atom. The Labute approximate surface area is 201 Å². The van der Waals surface area contributed by atoms with Gasteiger partial charge in [0.25, 0.3) is 0 Å². The molecule has 0 aliphatic heterocycles. The summed E-state index contributed by atoms with van der Waals surface area (Å²) in [5, 5.41) is 10.4. The van der Waals surface area contributed by atoms with Crippen molar-refractivity contribution in [1.29, 1.82) is 5.26 Å². The summed E-state index contributed by atoms with van der Waals surface area (Å²) in [4.78, 5) is -0.0216. The molecule has 0 fully saturated rings. The van der Waals surface area contributed by atoms with Crippen molar-refractivity contribution in [1.82, 2.24) is 0 Å². The van der Waals surface area contributed by atoms with Gasteiger partial charge in [-0.1, -0.05) is 59.1 Å². The van der Waals surface area contributed by atoms with E-state index >= 15 is 0 Å². The minimum absolute atomic E-state index is 0.00111. The van der Waals surface area contributed by atoms with E-state index in [2.05, 4.69) is 6.07 Å². The molecule has 3 aromatic rings. The van der Waals surface area contributed by atoms with Gasteiger partial charge in [0.15, 0.2) is 5.75 Å². The van der Waals surface area contributed by atoms with Crippen LogP contribution in [0.3, 0.4) is 0 Å². The fourth-order valence-electron chi connectivity index (χ4n) is 2.80. The molecule has 3 rings (SSSR count). The Hall–Kier alpha value is -2.69. The highest BCUT2D eigenvalue weighted by Crippen LogP contribution is 2.39. The summed E-state index contributed by atoms with van der Waals surface area (Å²) in [6, 6.07) is 17.6. The van der Waals surface area contributed by atoms with Crippen LogP contribution in [0, 0.1) is 11.3 Å². The zero-order valence-corrected chi connectivity index (χ0v) is 19.8. The maximum atomic E-state index is 12.7. The molecule has 0 spiro atoms. The van der Waals surface area contributed by atoms with E-state index in [1.165, 1.54) is 30.3 Å². The third-order valence-electron chi connectivity index (χ3n) is 4.21. The van der Waals surface area contributed by atoms with Crippen LogP contribution in [0.2, 0.25) is 15.1 Å². The van der Waals surface area contributed by atoms with Gasteiger partial charge in [-0.25, -0.2) is 0 Å². The number of ether oxygens (including phenoxy) is 1. The van der Waals surface area contributed by atoms with E-state index in [4.69, 9.17) is 43.7 Å². The average molecular weight is 509 g/mol. The lowest BCUT2D eigenvalue weighted by molar-refractivity contribution is 0.327. The molecule has 0 amide bonds. The molecule has 0 radical (unpaired) electrons. The average Bonchev–Trinajstić information content (AvgIpc) is 2.76. The molecule has 0 aromatic heterocycles.